The smallest absolute Gasteiger partial charge is 0.343 e. The van der Waals surface area contributed by atoms with Gasteiger partial charge in [0, 0.05) is 45.4 Å². The molecule has 2 saturated heterocycles. The van der Waals surface area contributed by atoms with E-state index in [4.69, 9.17) is 0 Å². The third-order valence-electron chi connectivity index (χ3n) is 4.98. The first-order valence-corrected chi connectivity index (χ1v) is 7.23. The van der Waals surface area contributed by atoms with Crippen molar-refractivity contribution in [1.82, 2.24) is 9.80 Å². The normalized spacial score (nSPS) is 26.0. The number of piperidine rings is 2. The molecule has 2 fully saturated rings. The van der Waals surface area contributed by atoms with Gasteiger partial charge in [-0.15, -0.1) is 0 Å². The van der Waals surface area contributed by atoms with Crippen molar-refractivity contribution in [2.24, 2.45) is 11.3 Å². The summed E-state index contributed by atoms with van der Waals surface area (Å²) in [6.07, 6.45) is -3.68. The lowest BCUT2D eigenvalue weighted by Crippen LogP contribution is -2.58. The maximum absolute atomic E-state index is 13.4. The van der Waals surface area contributed by atoms with Gasteiger partial charge in [-0.1, -0.05) is 0 Å². The minimum absolute atomic E-state index is 0.0385. The molecule has 0 N–H and O–H groups in total. The molecular formula is C14H21F3N2O2. The fourth-order valence-corrected chi connectivity index (χ4v) is 3.71. The number of amides is 2. The van der Waals surface area contributed by atoms with Crippen LogP contribution in [0.2, 0.25) is 0 Å². The van der Waals surface area contributed by atoms with E-state index >= 15 is 0 Å². The van der Waals surface area contributed by atoms with Crippen LogP contribution in [-0.2, 0) is 9.59 Å². The van der Waals surface area contributed by atoms with Gasteiger partial charge in [0.25, 0.3) is 0 Å². The number of hydrogen-bond donors (Lipinski definition) is 0. The summed E-state index contributed by atoms with van der Waals surface area (Å²) in [7, 11) is 0. The highest BCUT2D eigenvalue weighted by atomic mass is 19.4. The van der Waals surface area contributed by atoms with Crippen LogP contribution in [0, 0.1) is 11.3 Å². The topological polar surface area (TPSA) is 40.6 Å². The van der Waals surface area contributed by atoms with E-state index in [1.165, 1.54) is 18.7 Å². The highest BCUT2D eigenvalue weighted by molar-refractivity contribution is 5.74. The average Bonchev–Trinajstić information content (AvgIpc) is 2.37. The van der Waals surface area contributed by atoms with Crippen molar-refractivity contribution in [3.8, 4) is 0 Å². The van der Waals surface area contributed by atoms with E-state index in [0.717, 1.165) is 0 Å². The maximum Gasteiger partial charge on any atom is 0.392 e. The second-order valence-corrected chi connectivity index (χ2v) is 6.19. The molecule has 7 heteroatoms. The first-order chi connectivity index (χ1) is 9.66. The Morgan fingerprint density at radius 3 is 1.95 bits per heavy atom. The van der Waals surface area contributed by atoms with Gasteiger partial charge in [-0.3, -0.25) is 9.59 Å². The summed E-state index contributed by atoms with van der Waals surface area (Å²) in [4.78, 5) is 26.0. The van der Waals surface area contributed by atoms with E-state index in [2.05, 4.69) is 0 Å². The summed E-state index contributed by atoms with van der Waals surface area (Å²) in [6, 6.07) is 0. The second kappa shape index (κ2) is 5.50. The zero-order chi connectivity index (χ0) is 15.8. The molecule has 120 valence electrons. The number of carbonyl (C=O) groups excluding carboxylic acids is 2. The van der Waals surface area contributed by atoms with Gasteiger partial charge in [-0.2, -0.15) is 13.2 Å². The van der Waals surface area contributed by atoms with Crippen molar-refractivity contribution in [3.05, 3.63) is 0 Å². The third-order valence-corrected chi connectivity index (χ3v) is 4.98. The number of halogens is 3. The lowest BCUT2D eigenvalue weighted by Gasteiger charge is -2.52. The molecule has 1 atom stereocenters. The van der Waals surface area contributed by atoms with E-state index in [0.29, 0.717) is 25.9 Å². The Balaban J connectivity index is 2.21. The summed E-state index contributed by atoms with van der Waals surface area (Å²) in [5, 5.41) is 0. The molecule has 0 unspecified atom stereocenters. The van der Waals surface area contributed by atoms with Gasteiger partial charge in [0.15, 0.2) is 0 Å². The molecule has 0 aromatic rings. The number of nitrogens with zero attached hydrogens (tertiary/aromatic N) is 2. The molecule has 2 aliphatic heterocycles. The standard InChI is InChI=1S/C14H21F3N2O2/c1-10(20)18-7-4-13(5-8-18)9-19(11(2)21)6-3-12(13)14(15,16)17/h12H,3-9H2,1-2H3/t12-/m0/s1. The predicted molar refractivity (Wildman–Crippen MR) is 70.3 cm³/mol. The van der Waals surface area contributed by atoms with Gasteiger partial charge >= 0.3 is 6.18 Å². The molecule has 4 nitrogen and oxygen atoms in total. The molecule has 0 aromatic carbocycles. The fraction of sp³-hybridized carbons (Fsp3) is 0.857. The van der Waals surface area contributed by atoms with Crippen LogP contribution in [0.5, 0.6) is 0 Å². The van der Waals surface area contributed by atoms with Crippen molar-refractivity contribution < 1.29 is 22.8 Å². The van der Waals surface area contributed by atoms with Crippen molar-refractivity contribution >= 4 is 11.8 Å². The molecule has 2 aliphatic rings. The fourth-order valence-electron chi connectivity index (χ4n) is 3.71. The van der Waals surface area contributed by atoms with Gasteiger partial charge in [0.1, 0.15) is 0 Å². The lowest BCUT2D eigenvalue weighted by molar-refractivity contribution is -0.230. The van der Waals surface area contributed by atoms with Gasteiger partial charge < -0.3 is 9.80 Å². The SMILES string of the molecule is CC(=O)N1CCC2(CC1)CN(C(C)=O)CC[C@@H]2C(F)(F)F. The number of hydrogen-bond acceptors (Lipinski definition) is 2. The van der Waals surface area contributed by atoms with Crippen LogP contribution in [0.25, 0.3) is 0 Å². The first-order valence-electron chi connectivity index (χ1n) is 7.23. The largest absolute Gasteiger partial charge is 0.392 e. The number of alkyl halides is 3. The highest BCUT2D eigenvalue weighted by Crippen LogP contribution is 2.51. The van der Waals surface area contributed by atoms with Crippen LogP contribution in [0.15, 0.2) is 0 Å². The Labute approximate surface area is 122 Å². The van der Waals surface area contributed by atoms with Gasteiger partial charge in [-0.25, -0.2) is 0 Å². The molecule has 2 amide bonds. The molecule has 0 radical (unpaired) electrons. The molecule has 0 bridgehead atoms. The molecule has 0 aliphatic carbocycles. The number of likely N-dealkylation sites (tertiary alicyclic amines) is 2. The van der Waals surface area contributed by atoms with E-state index in [-0.39, 0.29) is 31.3 Å². The third kappa shape index (κ3) is 3.16. The van der Waals surface area contributed by atoms with E-state index in [1.54, 1.807) is 4.90 Å². The number of rotatable bonds is 0. The summed E-state index contributed by atoms with van der Waals surface area (Å²) < 4.78 is 40.1. The van der Waals surface area contributed by atoms with Crippen LogP contribution in [0.1, 0.15) is 33.1 Å². The molecule has 2 heterocycles. The maximum atomic E-state index is 13.4. The van der Waals surface area contributed by atoms with Gasteiger partial charge in [-0.05, 0) is 19.3 Å². The summed E-state index contributed by atoms with van der Waals surface area (Å²) >= 11 is 0. The summed E-state index contributed by atoms with van der Waals surface area (Å²) in [5.74, 6) is -1.66. The Hall–Kier alpha value is -1.27. The van der Waals surface area contributed by atoms with E-state index < -0.39 is 17.5 Å². The van der Waals surface area contributed by atoms with Gasteiger partial charge in [0.2, 0.25) is 11.8 Å². The summed E-state index contributed by atoms with van der Waals surface area (Å²) in [6.45, 7) is 3.82. The van der Waals surface area contributed by atoms with Crippen molar-refractivity contribution in [2.75, 3.05) is 26.2 Å². The molecule has 21 heavy (non-hydrogen) atoms. The van der Waals surface area contributed by atoms with Crippen LogP contribution < -0.4 is 0 Å². The Morgan fingerprint density at radius 1 is 1.00 bits per heavy atom. The van der Waals surface area contributed by atoms with Crippen molar-refractivity contribution in [1.29, 1.82) is 0 Å². The summed E-state index contributed by atoms with van der Waals surface area (Å²) in [5.41, 5.74) is -0.936. The van der Waals surface area contributed by atoms with Crippen LogP contribution >= 0.6 is 0 Å². The molecule has 2 rings (SSSR count). The van der Waals surface area contributed by atoms with E-state index in [1.807, 2.05) is 0 Å². The quantitative estimate of drug-likeness (QED) is 0.687. The number of carbonyl (C=O) groups is 2. The van der Waals surface area contributed by atoms with Crippen molar-refractivity contribution in [3.63, 3.8) is 0 Å². The first kappa shape index (κ1) is 16.1. The van der Waals surface area contributed by atoms with Crippen LogP contribution in [0.3, 0.4) is 0 Å². The van der Waals surface area contributed by atoms with Gasteiger partial charge in [0.05, 0.1) is 5.92 Å². The zero-order valence-corrected chi connectivity index (χ0v) is 12.4. The van der Waals surface area contributed by atoms with E-state index in [9.17, 15) is 22.8 Å². The minimum Gasteiger partial charge on any atom is -0.343 e. The molecule has 0 saturated carbocycles. The Kier molecular flexibility index (Phi) is 4.22. The average molecular weight is 306 g/mol. The van der Waals surface area contributed by atoms with Crippen molar-refractivity contribution in [2.45, 2.75) is 39.3 Å². The predicted octanol–water partition coefficient (Wildman–Crippen LogP) is 2.05. The minimum atomic E-state index is -4.25. The Morgan fingerprint density at radius 2 is 1.52 bits per heavy atom. The van der Waals surface area contributed by atoms with Crippen LogP contribution in [-0.4, -0.2) is 54.0 Å². The lowest BCUT2D eigenvalue weighted by atomic mass is 9.64. The molecule has 0 aromatic heterocycles. The molecule has 1 spiro atoms. The zero-order valence-electron chi connectivity index (χ0n) is 12.4. The highest BCUT2D eigenvalue weighted by Gasteiger charge is 2.56. The second-order valence-electron chi connectivity index (χ2n) is 6.19. The van der Waals surface area contributed by atoms with Crippen LogP contribution in [0.4, 0.5) is 13.2 Å². The Bertz CT molecular complexity index is 428. The monoisotopic (exact) mass is 306 g/mol. The molecular weight excluding hydrogens is 285 g/mol.